The molecule has 4 N–H and O–H groups in total. The van der Waals surface area contributed by atoms with Gasteiger partial charge in [0.05, 0.1) is 12.1 Å². The van der Waals surface area contributed by atoms with E-state index in [4.69, 9.17) is 5.73 Å². The third kappa shape index (κ3) is 3.87. The van der Waals surface area contributed by atoms with Crippen LogP contribution in [0, 0.1) is 0 Å². The molecule has 6 heteroatoms. The third-order valence-electron chi connectivity index (χ3n) is 4.92. The number of amides is 1. The molecule has 124 valence electrons. The quantitative estimate of drug-likeness (QED) is 0.716. The Morgan fingerprint density at radius 2 is 1.95 bits per heavy atom. The van der Waals surface area contributed by atoms with Crippen LogP contribution >= 0.6 is 0 Å². The molecule has 2 aliphatic rings. The van der Waals surface area contributed by atoms with Gasteiger partial charge in [-0.3, -0.25) is 9.69 Å². The molecule has 0 spiro atoms. The molecule has 0 aromatic carbocycles. The van der Waals surface area contributed by atoms with Gasteiger partial charge in [-0.1, -0.05) is 25.3 Å². The van der Waals surface area contributed by atoms with Crippen LogP contribution in [0.3, 0.4) is 0 Å². The Balaban J connectivity index is 2.24. The molecular formula is C16H27N3O3. The topological polar surface area (TPSA) is 95.7 Å². The van der Waals surface area contributed by atoms with Crippen LogP contribution in [0.2, 0.25) is 0 Å². The van der Waals surface area contributed by atoms with Crippen LogP contribution in [0.4, 0.5) is 0 Å². The van der Waals surface area contributed by atoms with E-state index in [1.165, 1.54) is 26.2 Å². The van der Waals surface area contributed by atoms with Crippen molar-refractivity contribution in [1.29, 1.82) is 0 Å². The summed E-state index contributed by atoms with van der Waals surface area (Å²) < 4.78 is 0. The van der Waals surface area contributed by atoms with Crippen LogP contribution in [0.1, 0.15) is 45.4 Å². The molecule has 3 atom stereocenters. The highest BCUT2D eigenvalue weighted by Gasteiger charge is 2.37. The first-order valence-electron chi connectivity index (χ1n) is 8.08. The van der Waals surface area contributed by atoms with Crippen molar-refractivity contribution in [3.05, 3.63) is 11.6 Å². The average Bonchev–Trinajstić information content (AvgIpc) is 2.48. The number of carboxylic acid groups (broad SMARTS) is 1. The predicted octanol–water partition coefficient (Wildman–Crippen LogP) is 0.866. The van der Waals surface area contributed by atoms with Crippen molar-refractivity contribution in [2.75, 3.05) is 7.05 Å². The molecule has 22 heavy (non-hydrogen) atoms. The first-order valence-corrected chi connectivity index (χ1v) is 8.08. The van der Waals surface area contributed by atoms with Gasteiger partial charge < -0.3 is 16.2 Å². The number of rotatable bonds is 4. The highest BCUT2D eigenvalue weighted by atomic mass is 16.4. The number of carboxylic acids is 1. The van der Waals surface area contributed by atoms with Crippen LogP contribution in [0.15, 0.2) is 11.6 Å². The van der Waals surface area contributed by atoms with Crippen molar-refractivity contribution < 1.29 is 14.7 Å². The number of carbonyl (C=O) groups is 2. The third-order valence-corrected chi connectivity index (χ3v) is 4.92. The zero-order valence-corrected chi connectivity index (χ0v) is 13.4. The SMILES string of the molecule is CC(=O)N[C@@H]1[C@H](N)CC(C(=O)O)=C[C@H]1N(C)C1CCCCC1. The van der Waals surface area contributed by atoms with E-state index < -0.39 is 5.97 Å². The predicted molar refractivity (Wildman–Crippen MR) is 84.3 cm³/mol. The lowest BCUT2D eigenvalue weighted by atomic mass is 9.84. The summed E-state index contributed by atoms with van der Waals surface area (Å²) in [5, 5.41) is 12.2. The Labute approximate surface area is 131 Å². The molecule has 2 rings (SSSR count). The van der Waals surface area contributed by atoms with Crippen LogP contribution in [0.25, 0.3) is 0 Å². The van der Waals surface area contributed by atoms with Gasteiger partial charge in [0.15, 0.2) is 0 Å². The molecule has 0 saturated heterocycles. The Kier molecular flexibility index (Phi) is 5.58. The normalized spacial score (nSPS) is 30.0. The minimum absolute atomic E-state index is 0.130. The fraction of sp³-hybridized carbons (Fsp3) is 0.750. The molecule has 0 unspecified atom stereocenters. The van der Waals surface area contributed by atoms with Gasteiger partial charge in [-0.25, -0.2) is 4.79 Å². The van der Waals surface area contributed by atoms with Crippen LogP contribution in [-0.2, 0) is 9.59 Å². The minimum Gasteiger partial charge on any atom is -0.478 e. The Bertz CT molecular complexity index is 458. The summed E-state index contributed by atoms with van der Waals surface area (Å²) in [7, 11) is 2.02. The van der Waals surface area contributed by atoms with Gasteiger partial charge in [-0.2, -0.15) is 0 Å². The average molecular weight is 309 g/mol. The molecule has 2 aliphatic carbocycles. The van der Waals surface area contributed by atoms with Crippen molar-refractivity contribution >= 4 is 11.9 Å². The summed E-state index contributed by atoms with van der Waals surface area (Å²) in [6, 6.07) is -0.364. The number of hydrogen-bond acceptors (Lipinski definition) is 4. The van der Waals surface area contributed by atoms with Crippen LogP contribution < -0.4 is 11.1 Å². The van der Waals surface area contributed by atoms with Crippen LogP contribution in [0.5, 0.6) is 0 Å². The first-order chi connectivity index (χ1) is 10.4. The maximum absolute atomic E-state index is 11.5. The second kappa shape index (κ2) is 7.24. The molecule has 0 aliphatic heterocycles. The summed E-state index contributed by atoms with van der Waals surface area (Å²) in [5.41, 5.74) is 6.52. The largest absolute Gasteiger partial charge is 0.478 e. The summed E-state index contributed by atoms with van der Waals surface area (Å²) >= 11 is 0. The standard InChI is InChI=1S/C16H27N3O3/c1-10(20)18-15-13(17)8-11(16(21)22)9-14(15)19(2)12-6-4-3-5-7-12/h9,12-15H,3-8,17H2,1-2H3,(H,18,20)(H,21,22)/t13-,14-,15-/m1/s1. The zero-order valence-electron chi connectivity index (χ0n) is 13.4. The van der Waals surface area contributed by atoms with E-state index in [9.17, 15) is 14.7 Å². The van der Waals surface area contributed by atoms with Crippen molar-refractivity contribution in [3.63, 3.8) is 0 Å². The van der Waals surface area contributed by atoms with Gasteiger partial charge in [0.2, 0.25) is 5.91 Å². The number of nitrogens with one attached hydrogen (secondary N) is 1. The van der Waals surface area contributed by atoms with E-state index in [0.717, 1.165) is 12.8 Å². The number of nitrogens with zero attached hydrogens (tertiary/aromatic N) is 1. The van der Waals surface area contributed by atoms with Crippen LogP contribution in [-0.4, -0.2) is 53.1 Å². The van der Waals surface area contributed by atoms with E-state index in [-0.39, 0.29) is 30.5 Å². The molecule has 0 heterocycles. The van der Waals surface area contributed by atoms with E-state index in [0.29, 0.717) is 11.6 Å². The minimum atomic E-state index is -0.918. The molecular weight excluding hydrogens is 282 g/mol. The van der Waals surface area contributed by atoms with Crippen molar-refractivity contribution in [2.45, 2.75) is 69.6 Å². The second-order valence-electron chi connectivity index (χ2n) is 6.54. The van der Waals surface area contributed by atoms with Gasteiger partial charge in [-0.05, 0) is 26.3 Å². The fourth-order valence-corrected chi connectivity index (χ4v) is 3.70. The van der Waals surface area contributed by atoms with E-state index >= 15 is 0 Å². The molecule has 1 fully saturated rings. The van der Waals surface area contributed by atoms with Gasteiger partial charge in [-0.15, -0.1) is 0 Å². The number of carbonyl (C=O) groups excluding carboxylic acids is 1. The maximum Gasteiger partial charge on any atom is 0.331 e. The summed E-state index contributed by atoms with van der Waals surface area (Å²) in [4.78, 5) is 25.0. The van der Waals surface area contributed by atoms with Crippen molar-refractivity contribution in [2.24, 2.45) is 5.73 Å². The fourth-order valence-electron chi connectivity index (χ4n) is 3.70. The number of nitrogens with two attached hydrogens (primary N) is 1. The molecule has 0 radical (unpaired) electrons. The Hall–Kier alpha value is -1.40. The molecule has 1 amide bonds. The lowest BCUT2D eigenvalue weighted by Gasteiger charge is -2.43. The Morgan fingerprint density at radius 3 is 2.50 bits per heavy atom. The molecule has 0 bridgehead atoms. The lowest BCUT2D eigenvalue weighted by Crippen LogP contribution is -2.61. The zero-order chi connectivity index (χ0) is 16.3. The second-order valence-corrected chi connectivity index (χ2v) is 6.54. The van der Waals surface area contributed by atoms with E-state index in [1.54, 1.807) is 6.08 Å². The van der Waals surface area contributed by atoms with E-state index in [2.05, 4.69) is 10.2 Å². The molecule has 0 aromatic heterocycles. The van der Waals surface area contributed by atoms with Gasteiger partial charge >= 0.3 is 5.97 Å². The number of hydrogen-bond donors (Lipinski definition) is 3. The maximum atomic E-state index is 11.5. The monoisotopic (exact) mass is 309 g/mol. The van der Waals surface area contributed by atoms with Gasteiger partial charge in [0, 0.05) is 24.6 Å². The smallest absolute Gasteiger partial charge is 0.331 e. The Morgan fingerprint density at radius 1 is 1.32 bits per heavy atom. The highest BCUT2D eigenvalue weighted by Crippen LogP contribution is 2.28. The highest BCUT2D eigenvalue weighted by molar-refractivity contribution is 5.87. The summed E-state index contributed by atoms with van der Waals surface area (Å²) in [5.74, 6) is -1.05. The van der Waals surface area contributed by atoms with Gasteiger partial charge in [0.25, 0.3) is 0 Å². The van der Waals surface area contributed by atoms with Crippen molar-refractivity contribution in [3.8, 4) is 0 Å². The molecule has 1 saturated carbocycles. The number of likely N-dealkylation sites (N-methyl/N-ethyl adjacent to an activating group) is 1. The lowest BCUT2D eigenvalue weighted by molar-refractivity contribution is -0.133. The van der Waals surface area contributed by atoms with Gasteiger partial charge in [0.1, 0.15) is 0 Å². The van der Waals surface area contributed by atoms with Crippen molar-refractivity contribution in [1.82, 2.24) is 10.2 Å². The molecule has 6 nitrogen and oxygen atoms in total. The molecule has 0 aromatic rings. The van der Waals surface area contributed by atoms with E-state index in [1.807, 2.05) is 7.05 Å². The number of aliphatic carboxylic acids is 1. The summed E-state index contributed by atoms with van der Waals surface area (Å²) in [6.45, 7) is 1.47. The first kappa shape index (κ1) is 17.0. The summed E-state index contributed by atoms with van der Waals surface area (Å²) in [6.07, 6.45) is 7.97.